The predicted octanol–water partition coefficient (Wildman–Crippen LogP) is 3.67. The summed E-state index contributed by atoms with van der Waals surface area (Å²) in [6.45, 7) is 0.140. The summed E-state index contributed by atoms with van der Waals surface area (Å²) in [6, 6.07) is 8.31. The van der Waals surface area contributed by atoms with Crippen molar-refractivity contribution in [1.29, 1.82) is 0 Å². The van der Waals surface area contributed by atoms with Crippen molar-refractivity contribution in [2.45, 2.75) is 18.7 Å². The molecule has 3 aromatic rings. The molecule has 1 aliphatic heterocycles. The fourth-order valence-electron chi connectivity index (χ4n) is 3.43. The maximum Gasteiger partial charge on any atom is 0.290 e. The zero-order valence-electron chi connectivity index (χ0n) is 15.6. The molecule has 156 valence electrons. The first-order valence-corrected chi connectivity index (χ1v) is 10.5. The van der Waals surface area contributed by atoms with Gasteiger partial charge < -0.3 is 20.1 Å². The standard InChI is InChI=1S/C21H18ClFN2O4S/c22-15-7-11(21(29)25-6-4-17(26)16(23)9-25)1-2-14(15)18-8-12(10-30-18)13-3-5-24-20(28)19(13)27/h1-3,5,7-8,10,16-17,26-27H,4,6,9H2,(H,24,28)/t16-,17-/m0/s1. The Hall–Kier alpha value is -2.68. The molecule has 1 fully saturated rings. The number of hydrogen-bond acceptors (Lipinski definition) is 5. The molecule has 6 nitrogen and oxygen atoms in total. The third kappa shape index (κ3) is 3.86. The number of aliphatic hydroxyl groups is 1. The number of halogens is 2. The first kappa shape index (κ1) is 20.6. The monoisotopic (exact) mass is 448 g/mol. The average molecular weight is 449 g/mol. The number of rotatable bonds is 3. The Bertz CT molecular complexity index is 1160. The second-order valence-corrected chi connectivity index (χ2v) is 8.40. The van der Waals surface area contributed by atoms with Crippen molar-refractivity contribution in [3.63, 3.8) is 0 Å². The molecular formula is C21H18ClFN2O4S. The SMILES string of the molecule is O=C(c1ccc(-c2cc(-c3cc[nH]c(=O)c3O)cs2)c(Cl)c1)N1CC[C@H](O)[C@@H](F)C1. The predicted molar refractivity (Wildman–Crippen MR) is 114 cm³/mol. The van der Waals surface area contributed by atoms with Crippen LogP contribution in [0.5, 0.6) is 5.75 Å². The summed E-state index contributed by atoms with van der Waals surface area (Å²) in [6.07, 6.45) is -0.827. The van der Waals surface area contributed by atoms with Gasteiger partial charge in [0.2, 0.25) is 0 Å². The van der Waals surface area contributed by atoms with Crippen LogP contribution >= 0.6 is 22.9 Å². The number of aromatic amines is 1. The van der Waals surface area contributed by atoms with E-state index in [-0.39, 0.29) is 31.2 Å². The zero-order chi connectivity index (χ0) is 21.4. The molecule has 1 saturated heterocycles. The van der Waals surface area contributed by atoms with Crippen LogP contribution in [0.2, 0.25) is 5.02 Å². The number of alkyl halides is 1. The Balaban J connectivity index is 1.58. The lowest BCUT2D eigenvalue weighted by Crippen LogP contribution is -2.47. The fraction of sp³-hybridized carbons (Fsp3) is 0.238. The van der Waals surface area contributed by atoms with Crippen molar-refractivity contribution >= 4 is 28.8 Å². The fourth-order valence-corrected chi connectivity index (χ4v) is 4.72. The highest BCUT2D eigenvalue weighted by Gasteiger charge is 2.30. The highest BCUT2D eigenvalue weighted by molar-refractivity contribution is 7.14. The minimum atomic E-state index is -1.45. The molecule has 0 saturated carbocycles. The van der Waals surface area contributed by atoms with Gasteiger partial charge in [-0.1, -0.05) is 17.7 Å². The van der Waals surface area contributed by atoms with E-state index in [4.69, 9.17) is 11.6 Å². The number of hydrogen-bond donors (Lipinski definition) is 3. The third-order valence-corrected chi connectivity index (χ3v) is 6.40. The number of piperidine rings is 1. The van der Waals surface area contributed by atoms with E-state index in [9.17, 15) is 24.2 Å². The number of nitrogens with zero attached hydrogens (tertiary/aromatic N) is 1. The molecule has 4 rings (SSSR count). The summed E-state index contributed by atoms with van der Waals surface area (Å²) in [7, 11) is 0. The number of nitrogens with one attached hydrogen (secondary N) is 1. The van der Waals surface area contributed by atoms with Gasteiger partial charge in [-0.15, -0.1) is 11.3 Å². The highest BCUT2D eigenvalue weighted by Crippen LogP contribution is 2.38. The van der Waals surface area contributed by atoms with Gasteiger partial charge in [-0.2, -0.15) is 0 Å². The van der Waals surface area contributed by atoms with Crippen LogP contribution in [0.1, 0.15) is 16.8 Å². The van der Waals surface area contributed by atoms with Crippen LogP contribution in [0.3, 0.4) is 0 Å². The normalized spacial score (nSPS) is 19.1. The maximum absolute atomic E-state index is 13.8. The van der Waals surface area contributed by atoms with E-state index in [1.165, 1.54) is 22.4 Å². The van der Waals surface area contributed by atoms with E-state index in [1.807, 2.05) is 6.07 Å². The number of likely N-dealkylation sites (tertiary alicyclic amines) is 1. The minimum Gasteiger partial charge on any atom is -0.503 e. The van der Waals surface area contributed by atoms with Crippen molar-refractivity contribution in [3.05, 3.63) is 62.8 Å². The Morgan fingerprint density at radius 2 is 2.07 bits per heavy atom. The molecule has 9 heteroatoms. The number of aliphatic hydroxyl groups excluding tert-OH is 1. The van der Waals surface area contributed by atoms with Crippen molar-refractivity contribution in [2.24, 2.45) is 0 Å². The summed E-state index contributed by atoms with van der Waals surface area (Å²) in [5, 5.41) is 21.7. The lowest BCUT2D eigenvalue weighted by atomic mass is 10.0. The summed E-state index contributed by atoms with van der Waals surface area (Å²) < 4.78 is 13.8. The van der Waals surface area contributed by atoms with Gasteiger partial charge in [0, 0.05) is 34.3 Å². The van der Waals surface area contributed by atoms with Crippen LogP contribution in [0, 0.1) is 0 Å². The number of aromatic nitrogens is 1. The molecule has 0 unspecified atom stereocenters. The molecule has 3 N–H and O–H groups in total. The van der Waals surface area contributed by atoms with Crippen LogP contribution < -0.4 is 5.56 Å². The molecular weight excluding hydrogens is 431 g/mol. The Kier molecular flexibility index (Phi) is 5.64. The van der Waals surface area contributed by atoms with Crippen molar-refractivity contribution in [3.8, 4) is 27.3 Å². The van der Waals surface area contributed by atoms with Gasteiger partial charge in [0.25, 0.3) is 11.5 Å². The Morgan fingerprint density at radius 1 is 1.27 bits per heavy atom. The van der Waals surface area contributed by atoms with Crippen LogP contribution in [-0.2, 0) is 0 Å². The summed E-state index contributed by atoms with van der Waals surface area (Å²) >= 11 is 7.82. The van der Waals surface area contributed by atoms with Crippen molar-refractivity contribution in [1.82, 2.24) is 9.88 Å². The maximum atomic E-state index is 13.8. The number of benzene rings is 1. The molecule has 0 aliphatic carbocycles. The first-order valence-electron chi connectivity index (χ1n) is 9.26. The zero-order valence-corrected chi connectivity index (χ0v) is 17.2. The van der Waals surface area contributed by atoms with Crippen LogP contribution in [0.4, 0.5) is 4.39 Å². The van der Waals surface area contributed by atoms with Gasteiger partial charge in [-0.05, 0) is 41.6 Å². The van der Waals surface area contributed by atoms with Gasteiger partial charge in [-0.3, -0.25) is 9.59 Å². The lowest BCUT2D eigenvalue weighted by molar-refractivity contribution is 0.00826. The van der Waals surface area contributed by atoms with Crippen molar-refractivity contribution in [2.75, 3.05) is 13.1 Å². The molecule has 1 amide bonds. The smallest absolute Gasteiger partial charge is 0.290 e. The highest BCUT2D eigenvalue weighted by atomic mass is 35.5. The van der Waals surface area contributed by atoms with Gasteiger partial charge >= 0.3 is 0 Å². The minimum absolute atomic E-state index is 0.145. The van der Waals surface area contributed by atoms with Gasteiger partial charge in [0.15, 0.2) is 5.75 Å². The third-order valence-electron chi connectivity index (χ3n) is 5.12. The first-order chi connectivity index (χ1) is 14.3. The molecule has 0 spiro atoms. The number of amides is 1. The summed E-state index contributed by atoms with van der Waals surface area (Å²) in [5.41, 5.74) is 1.57. The Morgan fingerprint density at radius 3 is 2.80 bits per heavy atom. The number of thiophene rings is 1. The Labute approximate surface area is 180 Å². The van der Waals surface area contributed by atoms with E-state index in [1.54, 1.807) is 29.6 Å². The second kappa shape index (κ2) is 8.22. The summed E-state index contributed by atoms with van der Waals surface area (Å²) in [5.74, 6) is -0.690. The van der Waals surface area contributed by atoms with E-state index < -0.39 is 17.8 Å². The van der Waals surface area contributed by atoms with Gasteiger partial charge in [0.1, 0.15) is 6.17 Å². The number of aromatic hydroxyl groups is 1. The molecule has 1 aromatic carbocycles. The largest absolute Gasteiger partial charge is 0.503 e. The number of pyridine rings is 1. The van der Waals surface area contributed by atoms with Crippen molar-refractivity contribution < 1.29 is 19.4 Å². The molecule has 0 bridgehead atoms. The lowest BCUT2D eigenvalue weighted by Gasteiger charge is -2.32. The molecule has 30 heavy (non-hydrogen) atoms. The quantitative estimate of drug-likeness (QED) is 0.569. The molecule has 3 heterocycles. The van der Waals surface area contributed by atoms with Gasteiger partial charge in [0.05, 0.1) is 17.7 Å². The van der Waals surface area contributed by atoms with Gasteiger partial charge in [-0.25, -0.2) is 4.39 Å². The van der Waals surface area contributed by atoms with E-state index in [0.717, 1.165) is 4.88 Å². The van der Waals surface area contributed by atoms with E-state index >= 15 is 0 Å². The second-order valence-electron chi connectivity index (χ2n) is 7.09. The van der Waals surface area contributed by atoms with Crippen LogP contribution in [0.25, 0.3) is 21.6 Å². The summed E-state index contributed by atoms with van der Waals surface area (Å²) in [4.78, 5) is 28.9. The number of carbonyl (C=O) groups is 1. The molecule has 1 aliphatic rings. The number of carbonyl (C=O) groups excluding carboxylic acids is 1. The average Bonchev–Trinajstić information content (AvgIpc) is 3.21. The topological polar surface area (TPSA) is 93.6 Å². The van der Waals surface area contributed by atoms with Crippen LogP contribution in [-0.4, -0.2) is 51.4 Å². The number of H-pyrrole nitrogens is 1. The molecule has 2 aromatic heterocycles. The van der Waals surface area contributed by atoms with Crippen LogP contribution in [0.15, 0.2) is 46.7 Å². The molecule has 0 radical (unpaired) electrons. The molecule has 2 atom stereocenters. The van der Waals surface area contributed by atoms with E-state index in [2.05, 4.69) is 4.98 Å². The van der Waals surface area contributed by atoms with E-state index in [0.29, 0.717) is 27.3 Å².